The van der Waals surface area contributed by atoms with Gasteiger partial charge in [0.2, 0.25) is 5.78 Å². The molecule has 2 fully saturated rings. The third kappa shape index (κ3) is 3.07. The molecular weight excluding hydrogens is 340 g/mol. The lowest BCUT2D eigenvalue weighted by Gasteiger charge is -2.31. The van der Waals surface area contributed by atoms with E-state index in [1.807, 2.05) is 60.7 Å². The second kappa shape index (κ2) is 6.91. The molecule has 2 aliphatic rings. The van der Waals surface area contributed by atoms with E-state index < -0.39 is 11.2 Å². The van der Waals surface area contributed by atoms with Gasteiger partial charge in [0.25, 0.3) is 0 Å². The molecule has 0 aliphatic carbocycles. The molecule has 5 heteroatoms. The molecule has 140 valence electrons. The van der Waals surface area contributed by atoms with Gasteiger partial charge in [0.1, 0.15) is 17.5 Å². The van der Waals surface area contributed by atoms with Gasteiger partial charge in [-0.15, -0.1) is 0 Å². The summed E-state index contributed by atoms with van der Waals surface area (Å²) in [6, 6.07) is 19.6. The zero-order chi connectivity index (χ0) is 18.9. The predicted molar refractivity (Wildman–Crippen MR) is 103 cm³/mol. The highest BCUT2D eigenvalue weighted by Crippen LogP contribution is 2.45. The lowest BCUT2D eigenvalue weighted by atomic mass is 9.81. The molecular formula is C22H24N2O3. The van der Waals surface area contributed by atoms with Crippen LogP contribution >= 0.6 is 0 Å². The van der Waals surface area contributed by atoms with Gasteiger partial charge in [-0.3, -0.25) is 10.2 Å². The van der Waals surface area contributed by atoms with Crippen LogP contribution in [-0.4, -0.2) is 29.9 Å². The van der Waals surface area contributed by atoms with E-state index in [1.54, 1.807) is 13.8 Å². The van der Waals surface area contributed by atoms with E-state index >= 15 is 0 Å². The topological polar surface area (TPSA) is 59.9 Å². The first kappa shape index (κ1) is 17.9. The zero-order valence-electron chi connectivity index (χ0n) is 15.6. The Morgan fingerprint density at radius 3 is 2.11 bits per heavy atom. The van der Waals surface area contributed by atoms with Crippen molar-refractivity contribution in [2.75, 3.05) is 6.61 Å². The van der Waals surface area contributed by atoms with Gasteiger partial charge < -0.3 is 9.47 Å². The summed E-state index contributed by atoms with van der Waals surface area (Å²) < 4.78 is 12.1. The first-order valence-electron chi connectivity index (χ1n) is 9.35. The lowest BCUT2D eigenvalue weighted by Crippen LogP contribution is -2.38. The molecule has 1 unspecified atom stereocenters. The molecule has 1 atom stereocenters. The fraction of sp³-hybridized carbons (Fsp3) is 0.364. The Morgan fingerprint density at radius 2 is 1.59 bits per heavy atom. The van der Waals surface area contributed by atoms with Gasteiger partial charge in [-0.1, -0.05) is 60.7 Å². The summed E-state index contributed by atoms with van der Waals surface area (Å²) in [5, 5.41) is 4.56. The minimum atomic E-state index is -1.06. The summed E-state index contributed by atoms with van der Waals surface area (Å²) in [7, 11) is 0. The Bertz CT molecular complexity index is 801. The molecule has 5 nitrogen and oxygen atoms in total. The van der Waals surface area contributed by atoms with Crippen molar-refractivity contribution in [1.82, 2.24) is 5.43 Å². The molecule has 2 aromatic carbocycles. The van der Waals surface area contributed by atoms with Crippen LogP contribution in [0.1, 0.15) is 37.8 Å². The van der Waals surface area contributed by atoms with Crippen LogP contribution in [0.5, 0.6) is 0 Å². The van der Waals surface area contributed by atoms with E-state index in [4.69, 9.17) is 9.47 Å². The van der Waals surface area contributed by atoms with Crippen molar-refractivity contribution < 1.29 is 14.3 Å². The maximum Gasteiger partial charge on any atom is 0.213 e. The van der Waals surface area contributed by atoms with Crippen LogP contribution in [0.3, 0.4) is 0 Å². The Morgan fingerprint density at radius 1 is 1.00 bits per heavy atom. The van der Waals surface area contributed by atoms with Crippen molar-refractivity contribution in [2.24, 2.45) is 5.10 Å². The fourth-order valence-corrected chi connectivity index (χ4v) is 3.77. The second-order valence-electron chi connectivity index (χ2n) is 7.45. The van der Waals surface area contributed by atoms with Crippen LogP contribution < -0.4 is 5.43 Å². The third-order valence-electron chi connectivity index (χ3n) is 5.11. The average molecular weight is 364 g/mol. The number of nitrogens with zero attached hydrogens (tertiary/aromatic N) is 1. The maximum absolute atomic E-state index is 13.3. The Kier molecular flexibility index (Phi) is 4.58. The average Bonchev–Trinajstić information content (AvgIpc) is 3.28. The number of ketones is 1. The summed E-state index contributed by atoms with van der Waals surface area (Å²) >= 11 is 0. The number of hydrogen-bond acceptors (Lipinski definition) is 5. The van der Waals surface area contributed by atoms with Crippen LogP contribution in [0.2, 0.25) is 0 Å². The Hall–Kier alpha value is -2.50. The van der Waals surface area contributed by atoms with Crippen LogP contribution in [0.25, 0.3) is 0 Å². The molecule has 0 bridgehead atoms. The monoisotopic (exact) mass is 364 g/mol. The van der Waals surface area contributed by atoms with Crippen molar-refractivity contribution in [3.8, 4) is 0 Å². The molecule has 2 heterocycles. The van der Waals surface area contributed by atoms with Gasteiger partial charge >= 0.3 is 0 Å². The van der Waals surface area contributed by atoms with Crippen molar-refractivity contribution in [2.45, 2.75) is 44.1 Å². The fourth-order valence-electron chi connectivity index (χ4n) is 3.77. The molecule has 0 amide bonds. The van der Waals surface area contributed by atoms with Gasteiger partial charge in [-0.25, -0.2) is 0 Å². The summed E-state index contributed by atoms with van der Waals surface area (Å²) in [5.74, 6) is -0.124. The quantitative estimate of drug-likeness (QED) is 0.845. The standard InChI is InChI=1S/C22H24N2O3/c1-21(2)20(25)19(24-23-18-14-9-15-26-18)22(27-21,16-10-5-3-6-11-16)17-12-7-4-8-13-17/h3-8,10-13,18,23H,9,14-15H2,1-2H3. The first-order valence-corrected chi connectivity index (χ1v) is 9.35. The van der Waals surface area contributed by atoms with Gasteiger partial charge in [-0.05, 0) is 37.8 Å². The largest absolute Gasteiger partial charge is 0.357 e. The molecule has 1 N–H and O–H groups in total. The van der Waals surface area contributed by atoms with Crippen molar-refractivity contribution >= 4 is 11.5 Å². The van der Waals surface area contributed by atoms with Crippen LogP contribution in [0.15, 0.2) is 65.8 Å². The number of nitrogens with one attached hydrogen (secondary N) is 1. The molecule has 27 heavy (non-hydrogen) atoms. The van der Waals surface area contributed by atoms with Crippen molar-refractivity contribution in [3.05, 3.63) is 71.8 Å². The summed E-state index contributed by atoms with van der Waals surface area (Å²) in [6.45, 7) is 4.30. The van der Waals surface area contributed by atoms with Gasteiger partial charge in [0.05, 0.1) is 0 Å². The smallest absolute Gasteiger partial charge is 0.213 e. The highest BCUT2D eigenvalue weighted by atomic mass is 16.5. The lowest BCUT2D eigenvalue weighted by molar-refractivity contribution is -0.132. The molecule has 4 rings (SSSR count). The van der Waals surface area contributed by atoms with E-state index in [1.165, 1.54) is 0 Å². The number of hydrogen-bond donors (Lipinski definition) is 1. The van der Waals surface area contributed by atoms with Gasteiger partial charge in [0, 0.05) is 6.61 Å². The molecule has 0 radical (unpaired) electrons. The number of Topliss-reactive ketones (excluding diaryl/α,β-unsaturated/α-hetero) is 1. The third-order valence-corrected chi connectivity index (χ3v) is 5.11. The molecule has 0 aromatic heterocycles. The minimum absolute atomic E-state index is 0.124. The van der Waals surface area contributed by atoms with Crippen LogP contribution in [0, 0.1) is 0 Å². The van der Waals surface area contributed by atoms with Crippen LogP contribution in [0.4, 0.5) is 0 Å². The first-order chi connectivity index (χ1) is 13.0. The van der Waals surface area contributed by atoms with Gasteiger partial charge in [-0.2, -0.15) is 5.10 Å². The summed E-state index contributed by atoms with van der Waals surface area (Å²) in [4.78, 5) is 13.3. The molecule has 2 saturated heterocycles. The summed E-state index contributed by atoms with van der Waals surface area (Å²) in [6.07, 6.45) is 1.69. The van der Waals surface area contributed by atoms with Crippen molar-refractivity contribution in [1.29, 1.82) is 0 Å². The zero-order valence-corrected chi connectivity index (χ0v) is 15.6. The maximum atomic E-state index is 13.3. The Labute approximate surface area is 159 Å². The van der Waals surface area contributed by atoms with Crippen molar-refractivity contribution in [3.63, 3.8) is 0 Å². The van der Waals surface area contributed by atoms with E-state index in [2.05, 4.69) is 10.5 Å². The highest BCUT2D eigenvalue weighted by molar-refractivity contribution is 6.47. The van der Waals surface area contributed by atoms with E-state index in [-0.39, 0.29) is 12.0 Å². The number of carbonyl (C=O) groups is 1. The normalized spacial score (nSPS) is 25.0. The number of carbonyl (C=O) groups excluding carboxylic acids is 1. The molecule has 0 spiro atoms. The number of rotatable bonds is 4. The molecule has 2 aromatic rings. The van der Waals surface area contributed by atoms with Crippen LogP contribution in [-0.2, 0) is 19.9 Å². The minimum Gasteiger partial charge on any atom is -0.357 e. The predicted octanol–water partition coefficient (Wildman–Crippen LogP) is 3.39. The van der Waals surface area contributed by atoms with E-state index in [0.29, 0.717) is 12.3 Å². The van der Waals surface area contributed by atoms with E-state index in [0.717, 1.165) is 24.0 Å². The Balaban J connectivity index is 1.88. The summed E-state index contributed by atoms with van der Waals surface area (Å²) in [5.41, 5.74) is 3.12. The van der Waals surface area contributed by atoms with E-state index in [9.17, 15) is 4.79 Å². The molecule has 2 aliphatic heterocycles. The second-order valence-corrected chi connectivity index (χ2v) is 7.45. The SMILES string of the molecule is CC1(C)OC(c2ccccc2)(c2ccccc2)C(=NNC2CCCO2)C1=O. The highest BCUT2D eigenvalue weighted by Gasteiger charge is 2.58. The molecule has 0 saturated carbocycles. The number of hydrazone groups is 1. The number of ether oxygens (including phenoxy) is 2. The number of benzene rings is 2. The van der Waals surface area contributed by atoms with Gasteiger partial charge in [0.15, 0.2) is 5.60 Å².